The molecule has 0 aromatic heterocycles. The zero-order chi connectivity index (χ0) is 30.7. The fourth-order valence-corrected chi connectivity index (χ4v) is 7.46. The van der Waals surface area contributed by atoms with Crippen LogP contribution in [0.1, 0.15) is 53.7 Å². The van der Waals surface area contributed by atoms with E-state index in [2.05, 4.69) is 6.07 Å². The van der Waals surface area contributed by atoms with Crippen LogP contribution in [0.5, 0.6) is 17.2 Å². The normalized spacial score (nSPS) is 20.7. The van der Waals surface area contributed by atoms with Gasteiger partial charge in [-0.15, -0.1) is 0 Å². The molecule has 220 valence electrons. The number of carbonyl (C=O) groups excluding carboxylic acids is 3. The zero-order valence-electron chi connectivity index (χ0n) is 24.9. The molecule has 1 aliphatic carbocycles. The van der Waals surface area contributed by atoms with Crippen LogP contribution in [0.2, 0.25) is 0 Å². The van der Waals surface area contributed by atoms with E-state index in [-0.39, 0.29) is 17.3 Å². The van der Waals surface area contributed by atoms with Crippen molar-refractivity contribution in [1.82, 2.24) is 0 Å². The summed E-state index contributed by atoms with van der Waals surface area (Å²) in [4.78, 5) is 46.6. The minimum atomic E-state index is -1.61. The summed E-state index contributed by atoms with van der Waals surface area (Å²) in [6, 6.07) is 23.7. The summed E-state index contributed by atoms with van der Waals surface area (Å²) in [5.41, 5.74) is 2.98. The minimum Gasteiger partial charge on any atom is -0.497 e. The van der Waals surface area contributed by atoms with Gasteiger partial charge in [0, 0.05) is 28.3 Å². The van der Waals surface area contributed by atoms with Crippen LogP contribution >= 0.6 is 0 Å². The molecule has 2 heterocycles. The van der Waals surface area contributed by atoms with E-state index in [1.165, 1.54) is 7.11 Å². The first kappa shape index (κ1) is 27.7. The second-order valence-corrected chi connectivity index (χ2v) is 11.5. The van der Waals surface area contributed by atoms with Gasteiger partial charge in [-0.1, -0.05) is 66.2 Å². The van der Waals surface area contributed by atoms with E-state index in [1.807, 2.05) is 42.2 Å². The topological polar surface area (TPSA) is 82.1 Å². The molecule has 3 aliphatic rings. The lowest BCUT2D eigenvalue weighted by molar-refractivity contribution is 0.0665. The van der Waals surface area contributed by atoms with Crippen molar-refractivity contribution < 1.29 is 28.6 Å². The van der Waals surface area contributed by atoms with E-state index in [9.17, 15) is 14.4 Å². The molecular formula is C37H31NO6. The quantitative estimate of drug-likeness (QED) is 0.193. The van der Waals surface area contributed by atoms with Gasteiger partial charge in [0.05, 0.1) is 27.4 Å². The zero-order valence-corrected chi connectivity index (χ0v) is 24.9. The maximum atomic E-state index is 14.9. The lowest BCUT2D eigenvalue weighted by Gasteiger charge is -2.37. The number of ether oxygens (including phenoxy) is 3. The molecule has 2 aliphatic heterocycles. The summed E-state index contributed by atoms with van der Waals surface area (Å²) in [6.45, 7) is 2.01. The Morgan fingerprint density at radius 2 is 1.50 bits per heavy atom. The number of hydrogen-bond acceptors (Lipinski definition) is 7. The predicted molar refractivity (Wildman–Crippen MR) is 167 cm³/mol. The number of methoxy groups -OCH3 is 3. The molecule has 1 fully saturated rings. The number of hydrogen-bond donors (Lipinski definition) is 0. The highest BCUT2D eigenvalue weighted by molar-refractivity contribution is 6.32. The van der Waals surface area contributed by atoms with Gasteiger partial charge >= 0.3 is 0 Å². The number of Topliss-reactive ketones (excluding diaryl/α,β-unsaturated/α-hetero) is 3. The number of ketones is 3. The average molecular weight is 586 g/mol. The molecule has 0 amide bonds. The minimum absolute atomic E-state index is 0.219. The third-order valence-electron chi connectivity index (χ3n) is 9.35. The largest absolute Gasteiger partial charge is 0.497 e. The Labute approximate surface area is 255 Å². The molecule has 7 rings (SSSR count). The first-order chi connectivity index (χ1) is 21.3. The van der Waals surface area contributed by atoms with Gasteiger partial charge in [-0.2, -0.15) is 0 Å². The Balaban J connectivity index is 1.55. The molecule has 7 heteroatoms. The Morgan fingerprint density at radius 3 is 2.18 bits per heavy atom. The molecular weight excluding hydrogens is 554 g/mol. The van der Waals surface area contributed by atoms with Crippen molar-refractivity contribution in [3.8, 4) is 17.2 Å². The van der Waals surface area contributed by atoms with Crippen LogP contribution in [0.4, 0.5) is 5.69 Å². The average Bonchev–Trinajstić information content (AvgIpc) is 3.49. The number of aryl methyl sites for hydroxylation is 1. The summed E-state index contributed by atoms with van der Waals surface area (Å²) < 4.78 is 16.7. The van der Waals surface area contributed by atoms with E-state index >= 15 is 0 Å². The molecule has 3 unspecified atom stereocenters. The van der Waals surface area contributed by atoms with Crippen LogP contribution in [0.15, 0.2) is 91.0 Å². The van der Waals surface area contributed by atoms with Gasteiger partial charge in [0.2, 0.25) is 0 Å². The predicted octanol–water partition coefficient (Wildman–Crippen LogP) is 6.34. The van der Waals surface area contributed by atoms with E-state index in [0.717, 1.165) is 16.8 Å². The Kier molecular flexibility index (Phi) is 6.43. The van der Waals surface area contributed by atoms with Gasteiger partial charge in [0.25, 0.3) is 0 Å². The lowest BCUT2D eigenvalue weighted by atomic mass is 9.64. The maximum absolute atomic E-state index is 14.9. The van der Waals surface area contributed by atoms with Crippen LogP contribution < -0.4 is 19.1 Å². The SMILES string of the molecule is COc1cccc(C(=O)C2C(c3ccc(OC)c(OC)c3)C3(C(=O)c4ccccc4C3=O)C3C=Cc4cc(C)ccc4N23)c1. The van der Waals surface area contributed by atoms with Crippen molar-refractivity contribution in [2.75, 3.05) is 26.2 Å². The van der Waals surface area contributed by atoms with Crippen LogP contribution in [0.25, 0.3) is 6.08 Å². The van der Waals surface area contributed by atoms with Crippen molar-refractivity contribution in [2.45, 2.75) is 24.9 Å². The second-order valence-electron chi connectivity index (χ2n) is 11.5. The highest BCUT2D eigenvalue weighted by Crippen LogP contribution is 2.61. The summed E-state index contributed by atoms with van der Waals surface area (Å²) in [7, 11) is 4.64. The van der Waals surface area contributed by atoms with Crippen LogP contribution in [0, 0.1) is 12.3 Å². The number of anilines is 1. The number of carbonyl (C=O) groups is 3. The maximum Gasteiger partial charge on any atom is 0.186 e. The van der Waals surface area contributed by atoms with Crippen molar-refractivity contribution >= 4 is 29.1 Å². The number of nitrogens with zero attached hydrogens (tertiary/aromatic N) is 1. The van der Waals surface area contributed by atoms with Gasteiger partial charge < -0.3 is 19.1 Å². The molecule has 1 spiro atoms. The first-order valence-electron chi connectivity index (χ1n) is 14.5. The summed E-state index contributed by atoms with van der Waals surface area (Å²) in [6.07, 6.45) is 3.90. The van der Waals surface area contributed by atoms with E-state index in [4.69, 9.17) is 14.2 Å². The molecule has 7 nitrogen and oxygen atoms in total. The lowest BCUT2D eigenvalue weighted by Crippen LogP contribution is -2.48. The molecule has 0 radical (unpaired) electrons. The Bertz CT molecular complexity index is 1860. The smallest absolute Gasteiger partial charge is 0.186 e. The molecule has 4 aromatic carbocycles. The van der Waals surface area contributed by atoms with Gasteiger partial charge in [0.15, 0.2) is 28.8 Å². The third kappa shape index (κ3) is 3.71. The van der Waals surface area contributed by atoms with E-state index in [1.54, 1.807) is 74.9 Å². The second kappa shape index (κ2) is 10.2. The third-order valence-corrected chi connectivity index (χ3v) is 9.35. The molecule has 4 aromatic rings. The monoisotopic (exact) mass is 585 g/mol. The fourth-order valence-electron chi connectivity index (χ4n) is 7.46. The molecule has 0 saturated carbocycles. The van der Waals surface area contributed by atoms with Crippen molar-refractivity contribution in [1.29, 1.82) is 0 Å². The number of fused-ring (bicyclic) bond motifs is 5. The summed E-state index contributed by atoms with van der Waals surface area (Å²) >= 11 is 0. The highest BCUT2D eigenvalue weighted by Gasteiger charge is 2.71. The Morgan fingerprint density at radius 1 is 0.773 bits per heavy atom. The van der Waals surface area contributed by atoms with Crippen molar-refractivity contribution in [3.05, 3.63) is 124 Å². The number of benzene rings is 4. The van der Waals surface area contributed by atoms with Gasteiger partial charge in [-0.25, -0.2) is 0 Å². The fraction of sp³-hybridized carbons (Fsp3) is 0.216. The van der Waals surface area contributed by atoms with Crippen LogP contribution in [0.3, 0.4) is 0 Å². The van der Waals surface area contributed by atoms with E-state index < -0.39 is 23.4 Å². The molecule has 0 bridgehead atoms. The molecule has 1 saturated heterocycles. The number of rotatable bonds is 6. The highest BCUT2D eigenvalue weighted by atomic mass is 16.5. The summed E-state index contributed by atoms with van der Waals surface area (Å²) in [5, 5.41) is 0. The first-order valence-corrected chi connectivity index (χ1v) is 14.5. The van der Waals surface area contributed by atoms with Gasteiger partial charge in [0.1, 0.15) is 17.2 Å². The summed E-state index contributed by atoms with van der Waals surface area (Å²) in [5.74, 6) is -0.163. The van der Waals surface area contributed by atoms with Crippen molar-refractivity contribution in [3.63, 3.8) is 0 Å². The standard InChI is InChI=1S/C37H31NO6/c1-21-12-15-28-22(18-21)14-17-31-37(35(40)26-10-5-6-11-27(26)36(37)41)32(23-13-16-29(43-3)30(20-23)44-4)33(38(28)31)34(39)24-8-7-9-25(19-24)42-2/h5-20,31-33H,1-4H3. The Hall–Kier alpha value is -5.17. The molecule has 3 atom stereocenters. The van der Waals surface area contributed by atoms with Crippen LogP contribution in [-0.4, -0.2) is 50.8 Å². The van der Waals surface area contributed by atoms with Crippen LogP contribution in [-0.2, 0) is 0 Å². The van der Waals surface area contributed by atoms with Gasteiger partial charge in [-0.3, -0.25) is 14.4 Å². The van der Waals surface area contributed by atoms with E-state index in [0.29, 0.717) is 39.5 Å². The molecule has 44 heavy (non-hydrogen) atoms. The molecule has 0 N–H and O–H groups in total. The van der Waals surface area contributed by atoms with Gasteiger partial charge in [-0.05, 0) is 54.4 Å². The van der Waals surface area contributed by atoms with Crippen molar-refractivity contribution in [2.24, 2.45) is 5.41 Å².